The van der Waals surface area contributed by atoms with Crippen molar-refractivity contribution in [3.05, 3.63) is 83.3 Å². The molecule has 0 saturated heterocycles. The Kier molecular flexibility index (Phi) is 5.56. The molecule has 3 amide bonds. The van der Waals surface area contributed by atoms with Crippen molar-refractivity contribution in [1.82, 2.24) is 5.32 Å². The summed E-state index contributed by atoms with van der Waals surface area (Å²) in [5.74, 6) is 0.516. The zero-order valence-corrected chi connectivity index (χ0v) is 15.2. The smallest absolute Gasteiger partial charge is 0.319 e. The highest BCUT2D eigenvalue weighted by atomic mass is 16.3. The van der Waals surface area contributed by atoms with Gasteiger partial charge in [0.1, 0.15) is 5.76 Å². The highest BCUT2D eigenvalue weighted by Gasteiger charge is 2.10. The maximum Gasteiger partial charge on any atom is 0.319 e. The summed E-state index contributed by atoms with van der Waals surface area (Å²) in [5, 5.41) is 8.30. The lowest BCUT2D eigenvalue weighted by atomic mass is 10.1. The van der Waals surface area contributed by atoms with E-state index in [4.69, 9.17) is 4.42 Å². The van der Waals surface area contributed by atoms with Crippen LogP contribution in [0.25, 0.3) is 0 Å². The average molecular weight is 363 g/mol. The summed E-state index contributed by atoms with van der Waals surface area (Å²) in [6.07, 6.45) is 1.56. The van der Waals surface area contributed by atoms with Crippen molar-refractivity contribution in [2.75, 3.05) is 10.6 Å². The number of anilines is 2. The number of hydrogen-bond donors (Lipinski definition) is 3. The molecular weight excluding hydrogens is 342 g/mol. The number of benzene rings is 2. The van der Waals surface area contributed by atoms with E-state index in [0.29, 0.717) is 29.2 Å². The van der Waals surface area contributed by atoms with E-state index in [0.717, 1.165) is 11.1 Å². The Bertz CT molecular complexity index is 932. The van der Waals surface area contributed by atoms with Gasteiger partial charge in [0.05, 0.1) is 12.8 Å². The highest BCUT2D eigenvalue weighted by molar-refractivity contribution is 6.05. The van der Waals surface area contributed by atoms with Crippen LogP contribution in [-0.2, 0) is 6.54 Å². The first-order chi connectivity index (χ1) is 13.0. The number of nitrogens with one attached hydrogen (secondary N) is 3. The largest absolute Gasteiger partial charge is 0.467 e. The predicted molar refractivity (Wildman–Crippen MR) is 105 cm³/mol. The van der Waals surface area contributed by atoms with Crippen LogP contribution >= 0.6 is 0 Å². The van der Waals surface area contributed by atoms with Crippen molar-refractivity contribution >= 4 is 23.3 Å². The van der Waals surface area contributed by atoms with E-state index < -0.39 is 0 Å². The number of carbonyl (C=O) groups excluding carboxylic acids is 2. The predicted octanol–water partition coefficient (Wildman–Crippen LogP) is 4.47. The zero-order chi connectivity index (χ0) is 19.2. The fourth-order valence-corrected chi connectivity index (χ4v) is 2.57. The molecule has 2 aromatic carbocycles. The van der Waals surface area contributed by atoms with Crippen molar-refractivity contribution in [1.29, 1.82) is 0 Å². The second-order valence-corrected chi connectivity index (χ2v) is 6.24. The number of amides is 3. The average Bonchev–Trinajstić information content (AvgIpc) is 3.17. The summed E-state index contributed by atoms with van der Waals surface area (Å²) in [4.78, 5) is 24.3. The Morgan fingerprint density at radius 3 is 2.30 bits per heavy atom. The van der Waals surface area contributed by atoms with Gasteiger partial charge in [-0.05, 0) is 61.9 Å². The van der Waals surface area contributed by atoms with Gasteiger partial charge in [0.25, 0.3) is 5.91 Å². The lowest BCUT2D eigenvalue weighted by Crippen LogP contribution is -2.27. The molecule has 0 fully saturated rings. The fourth-order valence-electron chi connectivity index (χ4n) is 2.57. The van der Waals surface area contributed by atoms with E-state index >= 15 is 0 Å². The first-order valence-corrected chi connectivity index (χ1v) is 8.57. The molecule has 1 heterocycles. The van der Waals surface area contributed by atoms with E-state index in [2.05, 4.69) is 16.0 Å². The standard InChI is InChI=1S/C21H21N3O3/c1-14-5-6-15(2)19(12-14)20(25)23-16-7-9-17(10-8-16)24-21(26)22-13-18-4-3-11-27-18/h3-12H,13H2,1-2H3,(H,23,25)(H2,22,24,26). The molecule has 138 valence electrons. The van der Waals surface area contributed by atoms with Crippen LogP contribution in [-0.4, -0.2) is 11.9 Å². The number of carbonyl (C=O) groups is 2. The van der Waals surface area contributed by atoms with Gasteiger partial charge in [0, 0.05) is 16.9 Å². The molecule has 0 spiro atoms. The number of aryl methyl sites for hydroxylation is 2. The van der Waals surface area contributed by atoms with Crippen LogP contribution in [0.4, 0.5) is 16.2 Å². The Balaban J connectivity index is 1.56. The molecule has 0 radical (unpaired) electrons. The molecule has 6 heteroatoms. The van der Waals surface area contributed by atoms with Crippen molar-refractivity contribution in [3.8, 4) is 0 Å². The van der Waals surface area contributed by atoms with Crippen LogP contribution in [0.15, 0.2) is 65.3 Å². The molecular formula is C21H21N3O3. The third-order valence-corrected chi connectivity index (χ3v) is 4.04. The molecule has 0 bridgehead atoms. The van der Waals surface area contributed by atoms with E-state index in [-0.39, 0.29) is 11.9 Å². The molecule has 0 unspecified atom stereocenters. The molecule has 0 aliphatic rings. The minimum Gasteiger partial charge on any atom is -0.467 e. The van der Waals surface area contributed by atoms with Crippen LogP contribution in [0.2, 0.25) is 0 Å². The second-order valence-electron chi connectivity index (χ2n) is 6.24. The Morgan fingerprint density at radius 1 is 0.926 bits per heavy atom. The lowest BCUT2D eigenvalue weighted by molar-refractivity contribution is 0.102. The molecule has 3 N–H and O–H groups in total. The van der Waals surface area contributed by atoms with E-state index in [1.54, 1.807) is 42.7 Å². The zero-order valence-electron chi connectivity index (χ0n) is 15.2. The number of furan rings is 1. The first-order valence-electron chi connectivity index (χ1n) is 8.57. The third kappa shape index (κ3) is 4.98. The van der Waals surface area contributed by atoms with E-state index in [9.17, 15) is 9.59 Å². The van der Waals surface area contributed by atoms with Gasteiger partial charge in [0.15, 0.2) is 0 Å². The van der Waals surface area contributed by atoms with Gasteiger partial charge in [0.2, 0.25) is 0 Å². The summed E-state index contributed by atoms with van der Waals surface area (Å²) in [6.45, 7) is 4.17. The maximum absolute atomic E-state index is 12.4. The van der Waals surface area contributed by atoms with Gasteiger partial charge in [-0.15, -0.1) is 0 Å². The van der Waals surface area contributed by atoms with Crippen molar-refractivity contribution in [2.24, 2.45) is 0 Å². The minimum absolute atomic E-state index is 0.159. The Labute approximate surface area is 157 Å². The number of rotatable bonds is 5. The van der Waals surface area contributed by atoms with Crippen LogP contribution in [0.5, 0.6) is 0 Å². The summed E-state index contributed by atoms with van der Waals surface area (Å²) in [5.41, 5.74) is 3.88. The van der Waals surface area contributed by atoms with Gasteiger partial charge in [-0.3, -0.25) is 4.79 Å². The molecule has 27 heavy (non-hydrogen) atoms. The van der Waals surface area contributed by atoms with Gasteiger partial charge < -0.3 is 20.4 Å². The molecule has 0 atom stereocenters. The minimum atomic E-state index is -0.335. The molecule has 0 aliphatic carbocycles. The summed E-state index contributed by atoms with van der Waals surface area (Å²) >= 11 is 0. The van der Waals surface area contributed by atoms with Gasteiger partial charge in [-0.2, -0.15) is 0 Å². The van der Waals surface area contributed by atoms with Crippen LogP contribution < -0.4 is 16.0 Å². The van der Waals surface area contributed by atoms with Crippen LogP contribution in [0.3, 0.4) is 0 Å². The SMILES string of the molecule is Cc1ccc(C)c(C(=O)Nc2ccc(NC(=O)NCc3ccco3)cc2)c1. The molecule has 0 aliphatic heterocycles. The van der Waals surface area contributed by atoms with Gasteiger partial charge >= 0.3 is 6.03 Å². The normalized spacial score (nSPS) is 10.3. The summed E-state index contributed by atoms with van der Waals surface area (Å²) < 4.78 is 5.16. The van der Waals surface area contributed by atoms with Crippen molar-refractivity contribution in [2.45, 2.75) is 20.4 Å². The van der Waals surface area contributed by atoms with E-state index in [1.165, 1.54) is 0 Å². The fraction of sp³-hybridized carbons (Fsp3) is 0.143. The van der Waals surface area contributed by atoms with Crippen molar-refractivity contribution < 1.29 is 14.0 Å². The molecule has 6 nitrogen and oxygen atoms in total. The monoisotopic (exact) mass is 363 g/mol. The lowest BCUT2D eigenvalue weighted by Gasteiger charge is -2.10. The number of hydrogen-bond acceptors (Lipinski definition) is 3. The number of urea groups is 1. The summed E-state index contributed by atoms with van der Waals surface area (Å²) in [6, 6.07) is 15.9. The van der Waals surface area contributed by atoms with Gasteiger partial charge in [-0.1, -0.05) is 17.7 Å². The Morgan fingerprint density at radius 2 is 1.63 bits per heavy atom. The highest BCUT2D eigenvalue weighted by Crippen LogP contribution is 2.17. The van der Waals surface area contributed by atoms with Gasteiger partial charge in [-0.25, -0.2) is 4.79 Å². The third-order valence-electron chi connectivity index (χ3n) is 4.04. The van der Waals surface area contributed by atoms with E-state index in [1.807, 2.05) is 32.0 Å². The molecule has 0 saturated carbocycles. The summed E-state index contributed by atoms with van der Waals surface area (Å²) in [7, 11) is 0. The molecule has 1 aromatic heterocycles. The topological polar surface area (TPSA) is 83.4 Å². The Hall–Kier alpha value is -3.54. The second kappa shape index (κ2) is 8.23. The molecule has 3 rings (SSSR count). The van der Waals surface area contributed by atoms with Crippen molar-refractivity contribution in [3.63, 3.8) is 0 Å². The maximum atomic E-state index is 12.4. The quantitative estimate of drug-likeness (QED) is 0.625. The first kappa shape index (κ1) is 18.3. The van der Waals surface area contributed by atoms with Crippen LogP contribution in [0, 0.1) is 13.8 Å². The molecule has 3 aromatic rings. The van der Waals surface area contributed by atoms with Crippen LogP contribution in [0.1, 0.15) is 27.2 Å².